The lowest BCUT2D eigenvalue weighted by Crippen LogP contribution is -2.11. The molecule has 1 aliphatic carbocycles. The van der Waals surface area contributed by atoms with Crippen LogP contribution in [0.5, 0.6) is 0 Å². The van der Waals surface area contributed by atoms with Gasteiger partial charge >= 0.3 is 0 Å². The van der Waals surface area contributed by atoms with E-state index in [2.05, 4.69) is 34.4 Å². The Morgan fingerprint density at radius 2 is 1.67 bits per heavy atom. The van der Waals surface area contributed by atoms with Crippen LogP contribution in [-0.4, -0.2) is 23.1 Å². The van der Waals surface area contributed by atoms with Gasteiger partial charge in [-0.15, -0.1) is 0 Å². The van der Waals surface area contributed by atoms with Crippen molar-refractivity contribution in [2.75, 3.05) is 23.7 Å². The molecule has 2 N–H and O–H groups in total. The molecule has 0 bridgehead atoms. The van der Waals surface area contributed by atoms with Crippen LogP contribution in [-0.2, 0) is 6.42 Å². The molecule has 0 amide bonds. The molecular weight excluding hydrogens is 260 g/mol. The maximum atomic E-state index is 4.63. The number of nitrogens with zero attached hydrogens (tertiary/aromatic N) is 2. The van der Waals surface area contributed by atoms with E-state index < -0.39 is 0 Å². The molecule has 0 aromatic carbocycles. The molecule has 2 rings (SSSR count). The maximum absolute atomic E-state index is 4.63. The van der Waals surface area contributed by atoms with E-state index in [1.54, 1.807) is 0 Å². The van der Waals surface area contributed by atoms with Crippen LogP contribution in [0, 0.1) is 5.92 Å². The van der Waals surface area contributed by atoms with E-state index in [0.29, 0.717) is 0 Å². The molecule has 0 saturated heterocycles. The van der Waals surface area contributed by atoms with Crippen LogP contribution in [0.25, 0.3) is 0 Å². The Balaban J connectivity index is 1.90. The zero-order valence-electron chi connectivity index (χ0n) is 13.6. The second kappa shape index (κ2) is 8.85. The summed E-state index contributed by atoms with van der Waals surface area (Å²) >= 11 is 0. The van der Waals surface area contributed by atoms with Crippen LogP contribution in [0.15, 0.2) is 6.07 Å². The fourth-order valence-corrected chi connectivity index (χ4v) is 2.97. The zero-order valence-corrected chi connectivity index (χ0v) is 13.6. The second-order valence-electron chi connectivity index (χ2n) is 6.10. The molecule has 118 valence electrons. The molecule has 1 aromatic heterocycles. The molecule has 4 nitrogen and oxygen atoms in total. The SMILES string of the molecule is CCCNc1cc(NCCC2CCCC2)nc(CCC)n1. The van der Waals surface area contributed by atoms with Crippen molar-refractivity contribution in [2.45, 2.75) is 65.2 Å². The second-order valence-corrected chi connectivity index (χ2v) is 6.10. The lowest BCUT2D eigenvalue weighted by Gasteiger charge is -2.13. The van der Waals surface area contributed by atoms with Crippen molar-refractivity contribution in [1.82, 2.24) is 9.97 Å². The van der Waals surface area contributed by atoms with Gasteiger partial charge in [0.1, 0.15) is 17.5 Å². The first-order valence-corrected chi connectivity index (χ1v) is 8.67. The lowest BCUT2D eigenvalue weighted by molar-refractivity contribution is 0.518. The molecule has 0 unspecified atom stereocenters. The summed E-state index contributed by atoms with van der Waals surface area (Å²) in [6, 6.07) is 2.05. The summed E-state index contributed by atoms with van der Waals surface area (Å²) in [7, 11) is 0. The number of aryl methyl sites for hydroxylation is 1. The van der Waals surface area contributed by atoms with Crippen LogP contribution >= 0.6 is 0 Å². The smallest absolute Gasteiger partial charge is 0.133 e. The first-order chi connectivity index (χ1) is 10.3. The highest BCUT2D eigenvalue weighted by molar-refractivity contribution is 5.47. The summed E-state index contributed by atoms with van der Waals surface area (Å²) < 4.78 is 0. The molecule has 0 aliphatic heterocycles. The van der Waals surface area contributed by atoms with E-state index in [4.69, 9.17) is 0 Å². The van der Waals surface area contributed by atoms with Gasteiger partial charge in [0.25, 0.3) is 0 Å². The van der Waals surface area contributed by atoms with Crippen molar-refractivity contribution in [3.8, 4) is 0 Å². The molecule has 1 aliphatic rings. The van der Waals surface area contributed by atoms with Crippen molar-refractivity contribution in [2.24, 2.45) is 5.92 Å². The van der Waals surface area contributed by atoms with Crippen molar-refractivity contribution in [3.05, 3.63) is 11.9 Å². The third-order valence-corrected chi connectivity index (χ3v) is 4.14. The van der Waals surface area contributed by atoms with Crippen molar-refractivity contribution < 1.29 is 0 Å². The number of aromatic nitrogens is 2. The van der Waals surface area contributed by atoms with Crippen LogP contribution in [0.3, 0.4) is 0 Å². The Morgan fingerprint density at radius 3 is 2.29 bits per heavy atom. The third-order valence-electron chi connectivity index (χ3n) is 4.14. The van der Waals surface area contributed by atoms with Gasteiger partial charge in [0.2, 0.25) is 0 Å². The first-order valence-electron chi connectivity index (χ1n) is 8.67. The minimum absolute atomic E-state index is 0.923. The molecule has 0 spiro atoms. The van der Waals surface area contributed by atoms with Crippen LogP contribution < -0.4 is 10.6 Å². The van der Waals surface area contributed by atoms with E-state index in [9.17, 15) is 0 Å². The van der Waals surface area contributed by atoms with Gasteiger partial charge in [0.15, 0.2) is 0 Å². The Hall–Kier alpha value is -1.32. The largest absolute Gasteiger partial charge is 0.370 e. The van der Waals surface area contributed by atoms with Gasteiger partial charge in [-0.25, -0.2) is 9.97 Å². The summed E-state index contributed by atoms with van der Waals surface area (Å²) in [6.45, 7) is 6.33. The van der Waals surface area contributed by atoms with E-state index in [1.807, 2.05) is 6.07 Å². The van der Waals surface area contributed by atoms with Gasteiger partial charge in [0, 0.05) is 25.6 Å². The number of nitrogens with one attached hydrogen (secondary N) is 2. The fourth-order valence-electron chi connectivity index (χ4n) is 2.97. The molecule has 1 fully saturated rings. The van der Waals surface area contributed by atoms with Crippen LogP contribution in [0.4, 0.5) is 11.6 Å². The fraction of sp³-hybridized carbons (Fsp3) is 0.765. The number of hydrogen-bond donors (Lipinski definition) is 2. The normalized spacial score (nSPS) is 15.3. The van der Waals surface area contributed by atoms with Crippen LogP contribution in [0.2, 0.25) is 0 Å². The van der Waals surface area contributed by atoms with Gasteiger partial charge < -0.3 is 10.6 Å². The molecule has 21 heavy (non-hydrogen) atoms. The monoisotopic (exact) mass is 290 g/mol. The van der Waals surface area contributed by atoms with E-state index in [-0.39, 0.29) is 0 Å². The number of hydrogen-bond acceptors (Lipinski definition) is 4. The quantitative estimate of drug-likeness (QED) is 0.714. The summed E-state index contributed by atoms with van der Waals surface area (Å²) in [4.78, 5) is 9.22. The van der Waals surface area contributed by atoms with Crippen LogP contribution in [0.1, 0.15) is 64.6 Å². The summed E-state index contributed by atoms with van der Waals surface area (Å²) in [5.41, 5.74) is 0. The summed E-state index contributed by atoms with van der Waals surface area (Å²) in [6.07, 6.45) is 10.1. The maximum Gasteiger partial charge on any atom is 0.133 e. The molecule has 0 atom stereocenters. The highest BCUT2D eigenvalue weighted by Gasteiger charge is 2.14. The Kier molecular flexibility index (Phi) is 6.77. The highest BCUT2D eigenvalue weighted by atomic mass is 15.1. The topological polar surface area (TPSA) is 49.8 Å². The average molecular weight is 290 g/mol. The number of anilines is 2. The minimum Gasteiger partial charge on any atom is -0.370 e. The van der Waals surface area contributed by atoms with Gasteiger partial charge in [-0.1, -0.05) is 39.5 Å². The zero-order chi connectivity index (χ0) is 14.9. The van der Waals surface area contributed by atoms with Crippen molar-refractivity contribution in [3.63, 3.8) is 0 Å². The molecular formula is C17H30N4. The Labute approximate surface area is 129 Å². The highest BCUT2D eigenvalue weighted by Crippen LogP contribution is 2.27. The Morgan fingerprint density at radius 1 is 1.00 bits per heavy atom. The average Bonchev–Trinajstić information content (AvgIpc) is 2.99. The molecule has 4 heteroatoms. The molecule has 0 radical (unpaired) electrons. The molecule has 1 aromatic rings. The van der Waals surface area contributed by atoms with Gasteiger partial charge in [-0.3, -0.25) is 0 Å². The minimum atomic E-state index is 0.923. The molecule has 1 saturated carbocycles. The Bertz CT molecular complexity index is 413. The lowest BCUT2D eigenvalue weighted by atomic mass is 10.0. The van der Waals surface area contributed by atoms with Gasteiger partial charge in [-0.2, -0.15) is 0 Å². The van der Waals surface area contributed by atoms with Crippen molar-refractivity contribution in [1.29, 1.82) is 0 Å². The standard InChI is InChI=1S/C17H30N4/c1-3-7-15-20-16(18-11-4-2)13-17(21-15)19-12-10-14-8-5-6-9-14/h13-14H,3-12H2,1-2H3,(H2,18,19,20,21). The first kappa shape index (κ1) is 16.1. The predicted molar refractivity (Wildman–Crippen MR) is 89.9 cm³/mol. The van der Waals surface area contributed by atoms with Crippen molar-refractivity contribution >= 4 is 11.6 Å². The predicted octanol–water partition coefficient (Wildman–Crippen LogP) is 4.24. The van der Waals surface area contributed by atoms with Gasteiger partial charge in [0.05, 0.1) is 0 Å². The summed E-state index contributed by atoms with van der Waals surface area (Å²) in [5.74, 6) is 3.80. The number of rotatable bonds is 9. The summed E-state index contributed by atoms with van der Waals surface area (Å²) in [5, 5.41) is 6.87. The van der Waals surface area contributed by atoms with E-state index in [1.165, 1.54) is 32.1 Å². The van der Waals surface area contributed by atoms with Gasteiger partial charge in [-0.05, 0) is 25.2 Å². The third kappa shape index (κ3) is 5.52. The van der Waals surface area contributed by atoms with E-state index >= 15 is 0 Å². The van der Waals surface area contributed by atoms with E-state index in [0.717, 1.165) is 55.7 Å². The molecule has 1 heterocycles.